The lowest BCUT2D eigenvalue weighted by molar-refractivity contribution is -0.121. The third kappa shape index (κ3) is 2.32. The van der Waals surface area contributed by atoms with E-state index in [-0.39, 0.29) is 17.3 Å². The summed E-state index contributed by atoms with van der Waals surface area (Å²) in [6.07, 6.45) is 2.87. The Balaban J connectivity index is 2.74. The molecule has 1 aromatic rings. The number of carbonyl (C=O) groups is 1. The number of anilines is 1. The quantitative estimate of drug-likeness (QED) is 0.597. The molecule has 1 aromatic heterocycles. The van der Waals surface area contributed by atoms with Crippen LogP contribution in [0.25, 0.3) is 0 Å². The Morgan fingerprint density at radius 1 is 1.64 bits per heavy atom. The third-order valence-electron chi connectivity index (χ3n) is 1.70. The molecule has 1 amide bonds. The molecule has 0 aromatic carbocycles. The zero-order valence-corrected chi connectivity index (χ0v) is 8.00. The van der Waals surface area contributed by atoms with Crippen LogP contribution in [0.3, 0.4) is 0 Å². The maximum atomic E-state index is 11.2. The highest BCUT2D eigenvalue weighted by atomic mass is 16.2. The number of likely N-dealkylation sites (N-methyl/N-ethyl adjacent to an activating group) is 1. The van der Waals surface area contributed by atoms with Crippen LogP contribution in [0.5, 0.6) is 0 Å². The van der Waals surface area contributed by atoms with Gasteiger partial charge in [-0.25, -0.2) is 4.98 Å². The van der Waals surface area contributed by atoms with Crippen LogP contribution < -0.4 is 16.2 Å². The molecule has 0 saturated heterocycles. The van der Waals surface area contributed by atoms with Gasteiger partial charge in [0.2, 0.25) is 5.91 Å². The van der Waals surface area contributed by atoms with Crippen molar-refractivity contribution in [3.8, 4) is 0 Å². The number of aromatic nitrogens is 2. The highest BCUT2D eigenvalue weighted by Crippen LogP contribution is 1.94. The largest absolute Gasteiger partial charge is 0.357 e. The summed E-state index contributed by atoms with van der Waals surface area (Å²) in [5.41, 5.74) is -0.344. The second-order valence-corrected chi connectivity index (χ2v) is 2.75. The SMILES string of the molecule is CNC(=O)[C@H](C)Nc1ncc[nH]c1=O. The van der Waals surface area contributed by atoms with E-state index in [0.717, 1.165) is 0 Å². The Hall–Kier alpha value is -1.85. The molecule has 76 valence electrons. The molecule has 0 fully saturated rings. The van der Waals surface area contributed by atoms with Crippen LogP contribution in [0.4, 0.5) is 5.82 Å². The summed E-state index contributed by atoms with van der Waals surface area (Å²) in [5.74, 6) is -0.0568. The summed E-state index contributed by atoms with van der Waals surface area (Å²) in [6, 6.07) is -0.490. The van der Waals surface area contributed by atoms with E-state index >= 15 is 0 Å². The average Bonchev–Trinajstić information content (AvgIpc) is 2.20. The summed E-state index contributed by atoms with van der Waals surface area (Å²) >= 11 is 0. The van der Waals surface area contributed by atoms with Crippen molar-refractivity contribution in [2.45, 2.75) is 13.0 Å². The van der Waals surface area contributed by atoms with Crippen LogP contribution in [-0.2, 0) is 4.79 Å². The van der Waals surface area contributed by atoms with Crippen molar-refractivity contribution in [1.29, 1.82) is 0 Å². The molecule has 0 saturated carbocycles. The van der Waals surface area contributed by atoms with E-state index in [4.69, 9.17) is 0 Å². The topological polar surface area (TPSA) is 86.9 Å². The number of hydrogen-bond donors (Lipinski definition) is 3. The standard InChI is InChI=1S/C8H12N4O2/c1-5(7(13)9-2)12-6-8(14)11-4-3-10-6/h3-5H,1-2H3,(H,9,13)(H,10,12)(H,11,14)/t5-/m0/s1. The summed E-state index contributed by atoms with van der Waals surface area (Å²) in [6.45, 7) is 1.65. The Bertz CT molecular complexity index is 374. The van der Waals surface area contributed by atoms with Gasteiger partial charge in [-0.2, -0.15) is 0 Å². The van der Waals surface area contributed by atoms with Crippen LogP contribution in [0.1, 0.15) is 6.92 Å². The van der Waals surface area contributed by atoms with Gasteiger partial charge in [0.25, 0.3) is 5.56 Å². The minimum Gasteiger partial charge on any atom is -0.357 e. The first-order valence-electron chi connectivity index (χ1n) is 4.17. The molecule has 0 aliphatic rings. The van der Waals surface area contributed by atoms with Crippen LogP contribution in [0.2, 0.25) is 0 Å². The van der Waals surface area contributed by atoms with E-state index < -0.39 is 6.04 Å². The molecule has 1 rings (SSSR count). The Morgan fingerprint density at radius 2 is 2.36 bits per heavy atom. The Labute approximate surface area is 80.8 Å². The third-order valence-corrected chi connectivity index (χ3v) is 1.70. The average molecular weight is 196 g/mol. The zero-order chi connectivity index (χ0) is 10.6. The Kier molecular flexibility index (Phi) is 3.22. The fraction of sp³-hybridized carbons (Fsp3) is 0.375. The van der Waals surface area contributed by atoms with Crippen molar-refractivity contribution in [2.75, 3.05) is 12.4 Å². The van der Waals surface area contributed by atoms with E-state index in [1.165, 1.54) is 19.4 Å². The summed E-state index contributed by atoms with van der Waals surface area (Å²) < 4.78 is 0. The molecule has 0 unspecified atom stereocenters. The second kappa shape index (κ2) is 4.40. The number of nitrogens with zero attached hydrogens (tertiary/aromatic N) is 1. The second-order valence-electron chi connectivity index (χ2n) is 2.75. The first-order chi connectivity index (χ1) is 6.65. The van der Waals surface area contributed by atoms with Crippen LogP contribution >= 0.6 is 0 Å². The fourth-order valence-corrected chi connectivity index (χ4v) is 0.942. The van der Waals surface area contributed by atoms with Gasteiger partial charge in [-0.1, -0.05) is 0 Å². The first kappa shape index (κ1) is 10.2. The van der Waals surface area contributed by atoms with Crippen LogP contribution in [-0.4, -0.2) is 29.0 Å². The molecular formula is C8H12N4O2. The number of carbonyl (C=O) groups excluding carboxylic acids is 1. The number of amides is 1. The van der Waals surface area contributed by atoms with Crippen LogP contribution in [0.15, 0.2) is 17.2 Å². The molecule has 6 heteroatoms. The van der Waals surface area contributed by atoms with Gasteiger partial charge in [-0.05, 0) is 6.92 Å². The lowest BCUT2D eigenvalue weighted by atomic mass is 10.3. The monoisotopic (exact) mass is 196 g/mol. The van der Waals surface area contributed by atoms with Crippen molar-refractivity contribution >= 4 is 11.7 Å². The minimum absolute atomic E-state index is 0.142. The molecule has 14 heavy (non-hydrogen) atoms. The van der Waals surface area contributed by atoms with Gasteiger partial charge < -0.3 is 15.6 Å². The number of nitrogens with one attached hydrogen (secondary N) is 3. The maximum Gasteiger partial charge on any atom is 0.290 e. The maximum absolute atomic E-state index is 11.2. The molecule has 1 heterocycles. The number of aromatic amines is 1. The minimum atomic E-state index is -0.490. The van der Waals surface area contributed by atoms with Gasteiger partial charge in [0, 0.05) is 19.4 Å². The summed E-state index contributed by atoms with van der Waals surface area (Å²) in [4.78, 5) is 28.5. The van der Waals surface area contributed by atoms with E-state index in [9.17, 15) is 9.59 Å². The molecule has 0 aliphatic carbocycles. The van der Waals surface area contributed by atoms with Gasteiger partial charge >= 0.3 is 0 Å². The van der Waals surface area contributed by atoms with Crippen molar-refractivity contribution < 1.29 is 4.79 Å². The molecule has 0 spiro atoms. The normalized spacial score (nSPS) is 11.9. The van der Waals surface area contributed by atoms with Crippen molar-refractivity contribution in [1.82, 2.24) is 15.3 Å². The first-order valence-corrected chi connectivity index (χ1v) is 4.17. The molecular weight excluding hydrogens is 184 g/mol. The Morgan fingerprint density at radius 3 is 2.93 bits per heavy atom. The highest BCUT2D eigenvalue weighted by Gasteiger charge is 2.12. The molecule has 3 N–H and O–H groups in total. The van der Waals surface area contributed by atoms with Gasteiger partial charge in [0.1, 0.15) is 6.04 Å². The molecule has 0 aliphatic heterocycles. The lowest BCUT2D eigenvalue weighted by Crippen LogP contribution is -2.37. The van der Waals surface area contributed by atoms with Gasteiger partial charge in [-0.15, -0.1) is 0 Å². The lowest BCUT2D eigenvalue weighted by Gasteiger charge is -2.11. The number of H-pyrrole nitrogens is 1. The predicted molar refractivity (Wildman–Crippen MR) is 52.0 cm³/mol. The number of rotatable bonds is 3. The zero-order valence-electron chi connectivity index (χ0n) is 8.00. The van der Waals surface area contributed by atoms with Gasteiger partial charge in [-0.3, -0.25) is 9.59 Å². The summed E-state index contributed by atoms with van der Waals surface area (Å²) in [5, 5.41) is 5.16. The fourth-order valence-electron chi connectivity index (χ4n) is 0.942. The molecule has 6 nitrogen and oxygen atoms in total. The van der Waals surface area contributed by atoms with Crippen LogP contribution in [0, 0.1) is 0 Å². The number of hydrogen-bond acceptors (Lipinski definition) is 4. The van der Waals surface area contributed by atoms with E-state index in [1.807, 2.05) is 0 Å². The molecule has 1 atom stereocenters. The van der Waals surface area contributed by atoms with Gasteiger partial charge in [0.15, 0.2) is 5.82 Å². The van der Waals surface area contributed by atoms with E-state index in [2.05, 4.69) is 20.6 Å². The van der Waals surface area contributed by atoms with Crippen molar-refractivity contribution in [3.63, 3.8) is 0 Å². The smallest absolute Gasteiger partial charge is 0.290 e. The molecule has 0 radical (unpaired) electrons. The summed E-state index contributed by atoms with van der Waals surface area (Å²) in [7, 11) is 1.53. The van der Waals surface area contributed by atoms with E-state index in [0.29, 0.717) is 0 Å². The highest BCUT2D eigenvalue weighted by molar-refractivity contribution is 5.83. The van der Waals surface area contributed by atoms with Crippen molar-refractivity contribution in [3.05, 3.63) is 22.7 Å². The molecule has 0 bridgehead atoms. The van der Waals surface area contributed by atoms with E-state index in [1.54, 1.807) is 6.92 Å². The van der Waals surface area contributed by atoms with Gasteiger partial charge in [0.05, 0.1) is 0 Å². The predicted octanol–water partition coefficient (Wildman–Crippen LogP) is -0.684. The van der Waals surface area contributed by atoms with Crippen molar-refractivity contribution in [2.24, 2.45) is 0 Å².